The summed E-state index contributed by atoms with van der Waals surface area (Å²) in [5.74, 6) is -0.658. The lowest BCUT2D eigenvalue weighted by Crippen LogP contribution is -2.09. The van der Waals surface area contributed by atoms with Crippen LogP contribution >= 0.6 is 0 Å². The monoisotopic (exact) mass is 221 g/mol. The first-order valence-corrected chi connectivity index (χ1v) is 4.69. The van der Waals surface area contributed by atoms with Gasteiger partial charge in [-0.1, -0.05) is 0 Å². The Labute approximate surface area is 91.3 Å². The van der Waals surface area contributed by atoms with E-state index in [-0.39, 0.29) is 0 Å². The van der Waals surface area contributed by atoms with Crippen molar-refractivity contribution in [2.24, 2.45) is 0 Å². The van der Waals surface area contributed by atoms with Crippen molar-refractivity contribution in [3.63, 3.8) is 0 Å². The normalized spacial score (nSPS) is 12.6. The summed E-state index contributed by atoms with van der Waals surface area (Å²) >= 11 is 0. The third-order valence-electron chi connectivity index (χ3n) is 2.45. The van der Waals surface area contributed by atoms with Crippen LogP contribution in [0.25, 0.3) is 10.9 Å². The van der Waals surface area contributed by atoms with Crippen LogP contribution in [0.4, 0.5) is 0 Å². The van der Waals surface area contributed by atoms with Crippen LogP contribution in [0.5, 0.6) is 5.75 Å². The van der Waals surface area contributed by atoms with Crippen molar-refractivity contribution >= 4 is 16.9 Å². The van der Waals surface area contributed by atoms with Gasteiger partial charge in [-0.2, -0.15) is 0 Å². The number of carbonyl (C=O) groups is 1. The minimum absolute atomic E-state index is 0.335. The quantitative estimate of drug-likeness (QED) is 0.729. The van der Waals surface area contributed by atoms with E-state index in [1.807, 2.05) is 0 Å². The van der Waals surface area contributed by atoms with Crippen LogP contribution < -0.4 is 4.74 Å². The van der Waals surface area contributed by atoms with E-state index in [0.717, 1.165) is 5.52 Å². The van der Waals surface area contributed by atoms with E-state index in [4.69, 9.17) is 9.84 Å². The summed E-state index contributed by atoms with van der Waals surface area (Å²) in [5, 5.41) is 18.9. The number of aliphatic carboxylic acids is 1. The number of ether oxygens (including phenoxy) is 1. The van der Waals surface area contributed by atoms with Gasteiger partial charge in [0.05, 0.1) is 7.11 Å². The van der Waals surface area contributed by atoms with Crippen LogP contribution in [0.2, 0.25) is 0 Å². The number of H-pyrrole nitrogens is 1. The average Bonchev–Trinajstić information content (AvgIpc) is 2.70. The first-order valence-electron chi connectivity index (χ1n) is 4.69. The van der Waals surface area contributed by atoms with Gasteiger partial charge in [0.1, 0.15) is 5.75 Å². The van der Waals surface area contributed by atoms with Gasteiger partial charge in [-0.15, -0.1) is 0 Å². The summed E-state index contributed by atoms with van der Waals surface area (Å²) in [4.78, 5) is 13.6. The first kappa shape index (κ1) is 10.5. The molecule has 1 aromatic carbocycles. The number of hydrogen-bond donors (Lipinski definition) is 3. The maximum absolute atomic E-state index is 10.7. The summed E-state index contributed by atoms with van der Waals surface area (Å²) in [7, 11) is 1.53. The van der Waals surface area contributed by atoms with E-state index in [0.29, 0.717) is 16.7 Å². The van der Waals surface area contributed by atoms with Gasteiger partial charge in [0.15, 0.2) is 6.10 Å². The topological polar surface area (TPSA) is 82.5 Å². The summed E-state index contributed by atoms with van der Waals surface area (Å²) in [6, 6.07) is 5.22. The lowest BCUT2D eigenvalue weighted by atomic mass is 10.1. The van der Waals surface area contributed by atoms with Crippen LogP contribution in [0, 0.1) is 0 Å². The molecule has 2 aromatic rings. The van der Waals surface area contributed by atoms with Gasteiger partial charge in [0.25, 0.3) is 0 Å². The molecule has 1 unspecified atom stereocenters. The Morgan fingerprint density at radius 3 is 2.88 bits per heavy atom. The molecule has 0 aliphatic rings. The zero-order valence-electron chi connectivity index (χ0n) is 8.60. The van der Waals surface area contributed by atoms with Crippen molar-refractivity contribution < 1.29 is 19.7 Å². The third-order valence-corrected chi connectivity index (χ3v) is 2.45. The number of benzene rings is 1. The minimum atomic E-state index is -1.53. The molecule has 84 valence electrons. The molecule has 0 amide bonds. The molecule has 0 radical (unpaired) electrons. The van der Waals surface area contributed by atoms with Crippen molar-refractivity contribution in [3.8, 4) is 5.75 Å². The van der Waals surface area contributed by atoms with Gasteiger partial charge in [0, 0.05) is 22.7 Å². The van der Waals surface area contributed by atoms with E-state index in [1.165, 1.54) is 13.3 Å². The minimum Gasteiger partial charge on any atom is -0.497 e. The number of aliphatic hydroxyl groups excluding tert-OH is 1. The van der Waals surface area contributed by atoms with Crippen molar-refractivity contribution in [1.82, 2.24) is 4.98 Å². The first-order chi connectivity index (χ1) is 7.63. The van der Waals surface area contributed by atoms with Crippen LogP contribution in [0.3, 0.4) is 0 Å². The van der Waals surface area contributed by atoms with Crippen molar-refractivity contribution in [3.05, 3.63) is 30.0 Å². The molecule has 0 fully saturated rings. The van der Waals surface area contributed by atoms with Crippen LogP contribution in [-0.4, -0.2) is 28.3 Å². The number of fused-ring (bicyclic) bond motifs is 1. The van der Waals surface area contributed by atoms with Gasteiger partial charge in [-0.25, -0.2) is 4.79 Å². The highest BCUT2D eigenvalue weighted by atomic mass is 16.5. The van der Waals surface area contributed by atoms with E-state index >= 15 is 0 Å². The number of aliphatic hydroxyl groups is 1. The molecule has 0 aliphatic carbocycles. The molecule has 1 aromatic heterocycles. The standard InChI is InChI=1S/C11H11NO4/c1-16-6-2-3-9-7(4-6)8(5-12-9)10(13)11(14)15/h2-5,10,12-13H,1H3,(H,14,15). The Kier molecular flexibility index (Phi) is 2.54. The summed E-state index contributed by atoms with van der Waals surface area (Å²) in [6.45, 7) is 0. The molecular weight excluding hydrogens is 210 g/mol. The zero-order chi connectivity index (χ0) is 11.7. The van der Waals surface area contributed by atoms with E-state index in [9.17, 15) is 9.90 Å². The lowest BCUT2D eigenvalue weighted by Gasteiger charge is -2.04. The van der Waals surface area contributed by atoms with E-state index in [1.54, 1.807) is 18.2 Å². The van der Waals surface area contributed by atoms with Gasteiger partial charge >= 0.3 is 5.97 Å². The van der Waals surface area contributed by atoms with Gasteiger partial charge in [-0.05, 0) is 18.2 Å². The molecular formula is C11H11NO4. The fourth-order valence-corrected chi connectivity index (χ4v) is 1.61. The third kappa shape index (κ3) is 1.61. The van der Waals surface area contributed by atoms with E-state index < -0.39 is 12.1 Å². The SMILES string of the molecule is COc1ccc2[nH]cc(C(O)C(=O)O)c2c1. The molecule has 0 spiro atoms. The number of rotatable bonds is 3. The number of hydrogen-bond acceptors (Lipinski definition) is 3. The molecule has 16 heavy (non-hydrogen) atoms. The number of nitrogens with one attached hydrogen (secondary N) is 1. The fraction of sp³-hybridized carbons (Fsp3) is 0.182. The Balaban J connectivity index is 2.57. The van der Waals surface area contributed by atoms with Crippen LogP contribution in [-0.2, 0) is 4.79 Å². The van der Waals surface area contributed by atoms with Gasteiger partial charge in [-0.3, -0.25) is 0 Å². The molecule has 1 heterocycles. The Bertz CT molecular complexity index is 532. The number of carboxylic acids is 1. The van der Waals surface area contributed by atoms with Crippen molar-refractivity contribution in [2.75, 3.05) is 7.11 Å². The van der Waals surface area contributed by atoms with Crippen molar-refractivity contribution in [2.45, 2.75) is 6.10 Å². The molecule has 5 heteroatoms. The summed E-state index contributed by atoms with van der Waals surface area (Å²) in [5.41, 5.74) is 1.09. The van der Waals surface area contributed by atoms with Gasteiger partial charge < -0.3 is 19.9 Å². The van der Waals surface area contributed by atoms with Gasteiger partial charge in [0.2, 0.25) is 0 Å². The van der Waals surface area contributed by atoms with E-state index in [2.05, 4.69) is 4.98 Å². The van der Waals surface area contributed by atoms with Crippen LogP contribution in [0.15, 0.2) is 24.4 Å². The molecule has 0 saturated heterocycles. The highest BCUT2D eigenvalue weighted by Gasteiger charge is 2.19. The lowest BCUT2D eigenvalue weighted by molar-refractivity contribution is -0.146. The predicted octanol–water partition coefficient (Wildman–Crippen LogP) is 1.29. The number of carboxylic acid groups (broad SMARTS) is 1. The summed E-state index contributed by atoms with van der Waals surface area (Å²) in [6.07, 6.45) is -0.0380. The highest BCUT2D eigenvalue weighted by Crippen LogP contribution is 2.27. The molecule has 2 rings (SSSR count). The molecule has 0 bridgehead atoms. The Hall–Kier alpha value is -2.01. The average molecular weight is 221 g/mol. The Morgan fingerprint density at radius 1 is 1.50 bits per heavy atom. The molecule has 0 aliphatic heterocycles. The maximum Gasteiger partial charge on any atom is 0.337 e. The number of aromatic nitrogens is 1. The second-order valence-corrected chi connectivity index (χ2v) is 3.40. The second-order valence-electron chi connectivity index (χ2n) is 3.40. The fourth-order valence-electron chi connectivity index (χ4n) is 1.61. The molecule has 5 nitrogen and oxygen atoms in total. The smallest absolute Gasteiger partial charge is 0.337 e. The maximum atomic E-state index is 10.7. The van der Waals surface area contributed by atoms with Crippen molar-refractivity contribution in [1.29, 1.82) is 0 Å². The predicted molar refractivity (Wildman–Crippen MR) is 57.4 cm³/mol. The molecule has 0 saturated carbocycles. The molecule has 1 atom stereocenters. The van der Waals surface area contributed by atoms with Crippen LogP contribution in [0.1, 0.15) is 11.7 Å². The highest BCUT2D eigenvalue weighted by molar-refractivity contribution is 5.89. The number of aromatic amines is 1. The number of methoxy groups -OCH3 is 1. The zero-order valence-corrected chi connectivity index (χ0v) is 8.60. The summed E-state index contributed by atoms with van der Waals surface area (Å²) < 4.78 is 5.04. The second kappa shape index (κ2) is 3.86. The Morgan fingerprint density at radius 2 is 2.25 bits per heavy atom. The largest absolute Gasteiger partial charge is 0.497 e. The molecule has 3 N–H and O–H groups in total.